The molecular formula is C21H24N4O3S. The highest BCUT2D eigenvalue weighted by Gasteiger charge is 2.13. The van der Waals surface area contributed by atoms with Gasteiger partial charge in [0.2, 0.25) is 10.0 Å². The van der Waals surface area contributed by atoms with Gasteiger partial charge in [0.1, 0.15) is 0 Å². The molecule has 1 amide bonds. The molecule has 0 saturated carbocycles. The average Bonchev–Trinajstić information content (AvgIpc) is 3.17. The fourth-order valence-electron chi connectivity index (χ4n) is 2.82. The zero-order valence-electron chi connectivity index (χ0n) is 16.4. The highest BCUT2D eigenvalue weighted by Crippen LogP contribution is 2.10. The van der Waals surface area contributed by atoms with Crippen molar-refractivity contribution >= 4 is 15.9 Å². The van der Waals surface area contributed by atoms with E-state index in [1.54, 1.807) is 36.9 Å². The van der Waals surface area contributed by atoms with Crippen molar-refractivity contribution in [2.24, 2.45) is 0 Å². The lowest BCUT2D eigenvalue weighted by atomic mass is 10.1. The summed E-state index contributed by atoms with van der Waals surface area (Å²) in [5, 5.41) is 7.07. The number of aromatic nitrogens is 2. The van der Waals surface area contributed by atoms with Gasteiger partial charge in [0.15, 0.2) is 0 Å². The molecule has 152 valence electrons. The third-order valence-electron chi connectivity index (χ3n) is 4.11. The highest BCUT2D eigenvalue weighted by molar-refractivity contribution is 7.88. The standard InChI is InChI=1S/C21H24N4O3S/c1-16(2)24-29(27,28)15-18-10-8-17(9-11-18)12-22-21(26)19-13-23-25(14-19)20-6-4-3-5-7-20/h3-11,13-14,16,24H,12,15H2,1-2H3,(H,22,26). The molecule has 0 aliphatic heterocycles. The summed E-state index contributed by atoms with van der Waals surface area (Å²) in [5.74, 6) is -0.295. The molecule has 0 unspecified atom stereocenters. The van der Waals surface area contributed by atoms with Crippen molar-refractivity contribution < 1.29 is 13.2 Å². The van der Waals surface area contributed by atoms with Crippen molar-refractivity contribution in [2.75, 3.05) is 0 Å². The second-order valence-electron chi connectivity index (χ2n) is 7.04. The quantitative estimate of drug-likeness (QED) is 0.595. The normalized spacial score (nSPS) is 11.6. The molecule has 3 aromatic rings. The van der Waals surface area contributed by atoms with Crippen LogP contribution in [0.3, 0.4) is 0 Å². The van der Waals surface area contributed by atoms with Crippen molar-refractivity contribution in [3.63, 3.8) is 0 Å². The number of hydrogen-bond acceptors (Lipinski definition) is 4. The molecule has 2 aromatic carbocycles. The lowest BCUT2D eigenvalue weighted by Gasteiger charge is -2.10. The van der Waals surface area contributed by atoms with Crippen LogP contribution in [0, 0.1) is 0 Å². The van der Waals surface area contributed by atoms with E-state index in [1.165, 1.54) is 6.20 Å². The minimum atomic E-state index is -3.36. The number of nitrogens with one attached hydrogen (secondary N) is 2. The van der Waals surface area contributed by atoms with Gasteiger partial charge in [-0.05, 0) is 37.1 Å². The predicted octanol–water partition coefficient (Wildman–Crippen LogP) is 2.63. The molecule has 1 aromatic heterocycles. The first kappa shape index (κ1) is 20.8. The van der Waals surface area contributed by atoms with Crippen molar-refractivity contribution in [3.8, 4) is 5.69 Å². The van der Waals surface area contributed by atoms with E-state index in [0.29, 0.717) is 17.7 Å². The molecule has 29 heavy (non-hydrogen) atoms. The van der Waals surface area contributed by atoms with Crippen LogP contribution in [0.15, 0.2) is 67.0 Å². The lowest BCUT2D eigenvalue weighted by Crippen LogP contribution is -2.31. The number of amides is 1. The molecule has 0 aliphatic carbocycles. The molecule has 0 saturated heterocycles. The van der Waals surface area contributed by atoms with Crippen molar-refractivity contribution in [1.29, 1.82) is 0 Å². The Morgan fingerprint density at radius 2 is 1.69 bits per heavy atom. The van der Waals surface area contributed by atoms with Crippen LogP contribution >= 0.6 is 0 Å². The summed E-state index contributed by atoms with van der Waals surface area (Å²) in [6.45, 7) is 3.91. The number of carbonyl (C=O) groups excluding carboxylic acids is 1. The molecule has 3 rings (SSSR count). The zero-order chi connectivity index (χ0) is 20.9. The van der Waals surface area contributed by atoms with Gasteiger partial charge >= 0.3 is 0 Å². The van der Waals surface area contributed by atoms with Crippen LogP contribution in [0.25, 0.3) is 5.69 Å². The molecule has 0 aliphatic rings. The van der Waals surface area contributed by atoms with Gasteiger partial charge < -0.3 is 5.32 Å². The first-order chi connectivity index (χ1) is 13.8. The molecule has 0 atom stereocenters. The van der Waals surface area contributed by atoms with Crippen LogP contribution in [0.2, 0.25) is 0 Å². The van der Waals surface area contributed by atoms with Crippen molar-refractivity contribution in [2.45, 2.75) is 32.2 Å². The van der Waals surface area contributed by atoms with E-state index in [9.17, 15) is 13.2 Å². The SMILES string of the molecule is CC(C)NS(=O)(=O)Cc1ccc(CNC(=O)c2cnn(-c3ccccc3)c2)cc1. The van der Waals surface area contributed by atoms with E-state index in [-0.39, 0.29) is 17.7 Å². The summed E-state index contributed by atoms with van der Waals surface area (Å²) in [5.41, 5.74) is 2.92. The van der Waals surface area contributed by atoms with Gasteiger partial charge in [-0.3, -0.25) is 4.79 Å². The Hall–Kier alpha value is -2.97. The third kappa shape index (κ3) is 6.00. The Kier molecular flexibility index (Phi) is 6.46. The van der Waals surface area contributed by atoms with E-state index in [0.717, 1.165) is 11.3 Å². The lowest BCUT2D eigenvalue weighted by molar-refractivity contribution is 0.0951. The monoisotopic (exact) mass is 412 g/mol. The average molecular weight is 413 g/mol. The summed E-state index contributed by atoms with van der Waals surface area (Å²) < 4.78 is 28.2. The summed E-state index contributed by atoms with van der Waals surface area (Å²) >= 11 is 0. The maximum absolute atomic E-state index is 12.4. The number of rotatable bonds is 8. The van der Waals surface area contributed by atoms with Gasteiger partial charge in [-0.15, -0.1) is 0 Å². The molecule has 7 nitrogen and oxygen atoms in total. The molecule has 8 heteroatoms. The maximum atomic E-state index is 12.4. The largest absolute Gasteiger partial charge is 0.348 e. The summed E-state index contributed by atoms with van der Waals surface area (Å²) in [4.78, 5) is 12.4. The number of benzene rings is 2. The predicted molar refractivity (Wildman–Crippen MR) is 112 cm³/mol. The van der Waals surface area contributed by atoms with Crippen LogP contribution in [-0.2, 0) is 22.3 Å². The molecular weight excluding hydrogens is 388 g/mol. The first-order valence-corrected chi connectivity index (χ1v) is 10.9. The summed E-state index contributed by atoms with van der Waals surface area (Å²) in [7, 11) is -3.36. The summed E-state index contributed by atoms with van der Waals surface area (Å²) in [6.07, 6.45) is 3.21. The molecule has 0 spiro atoms. The van der Waals surface area contributed by atoms with Gasteiger partial charge in [0.25, 0.3) is 5.91 Å². The van der Waals surface area contributed by atoms with Gasteiger partial charge in [-0.2, -0.15) is 5.10 Å². The Bertz CT molecular complexity index is 1060. The second-order valence-corrected chi connectivity index (χ2v) is 8.79. The molecule has 0 fully saturated rings. The number of para-hydroxylation sites is 1. The van der Waals surface area contributed by atoms with E-state index >= 15 is 0 Å². The molecule has 1 heterocycles. The van der Waals surface area contributed by atoms with E-state index in [1.807, 2.05) is 42.5 Å². The Labute approximate surface area is 170 Å². The van der Waals surface area contributed by atoms with E-state index < -0.39 is 10.0 Å². The van der Waals surface area contributed by atoms with Gasteiger partial charge in [-0.1, -0.05) is 42.5 Å². The molecule has 2 N–H and O–H groups in total. The Balaban J connectivity index is 1.56. The smallest absolute Gasteiger partial charge is 0.254 e. The van der Waals surface area contributed by atoms with Gasteiger partial charge in [0.05, 0.1) is 23.2 Å². The fraction of sp³-hybridized carbons (Fsp3) is 0.238. The maximum Gasteiger partial charge on any atom is 0.254 e. The minimum absolute atomic E-state index is 0.0729. The molecule has 0 radical (unpaired) electrons. The van der Waals surface area contributed by atoms with Crippen LogP contribution < -0.4 is 10.0 Å². The van der Waals surface area contributed by atoms with Crippen LogP contribution in [-0.4, -0.2) is 30.1 Å². The van der Waals surface area contributed by atoms with Crippen molar-refractivity contribution in [3.05, 3.63) is 83.7 Å². The van der Waals surface area contributed by atoms with Crippen LogP contribution in [0.4, 0.5) is 0 Å². The van der Waals surface area contributed by atoms with Crippen molar-refractivity contribution in [1.82, 2.24) is 19.8 Å². The zero-order valence-corrected chi connectivity index (χ0v) is 17.2. The number of sulfonamides is 1. The van der Waals surface area contributed by atoms with E-state index in [2.05, 4.69) is 15.1 Å². The first-order valence-electron chi connectivity index (χ1n) is 9.28. The van der Waals surface area contributed by atoms with Gasteiger partial charge in [0, 0.05) is 18.8 Å². The van der Waals surface area contributed by atoms with E-state index in [4.69, 9.17) is 0 Å². The number of nitrogens with zero attached hydrogens (tertiary/aromatic N) is 2. The fourth-order valence-corrected chi connectivity index (χ4v) is 4.25. The van der Waals surface area contributed by atoms with Crippen LogP contribution in [0.5, 0.6) is 0 Å². The second kappa shape index (κ2) is 9.02. The van der Waals surface area contributed by atoms with Crippen LogP contribution in [0.1, 0.15) is 35.3 Å². The topological polar surface area (TPSA) is 93.1 Å². The van der Waals surface area contributed by atoms with Gasteiger partial charge in [-0.25, -0.2) is 17.8 Å². The third-order valence-corrected chi connectivity index (χ3v) is 5.66. The minimum Gasteiger partial charge on any atom is -0.348 e. The number of carbonyl (C=O) groups is 1. The molecule has 0 bridgehead atoms. The summed E-state index contributed by atoms with van der Waals surface area (Å²) in [6, 6.07) is 16.6. The number of hydrogen-bond donors (Lipinski definition) is 2. The Morgan fingerprint density at radius 3 is 2.34 bits per heavy atom. The Morgan fingerprint density at radius 1 is 1.03 bits per heavy atom. The highest BCUT2D eigenvalue weighted by atomic mass is 32.2.